The van der Waals surface area contributed by atoms with Crippen molar-refractivity contribution < 1.29 is 23.1 Å². The lowest BCUT2D eigenvalue weighted by molar-refractivity contribution is -0.143. The van der Waals surface area contributed by atoms with Crippen molar-refractivity contribution in [2.75, 3.05) is 6.61 Å². The molecule has 1 amide bonds. The standard InChI is InChI=1S/C19H16F2N2O3S/c1-3-26-16(24)10-23-17-14(21)8-13(20)9-15(17)27-19(23)22-18(25)12-6-4-11(2)5-7-12/h4-9H,3,10H2,1-2H3/b22-19-. The molecule has 0 N–H and O–H groups in total. The van der Waals surface area contributed by atoms with Crippen molar-refractivity contribution in [3.8, 4) is 0 Å². The highest BCUT2D eigenvalue weighted by Gasteiger charge is 2.17. The molecule has 140 valence electrons. The topological polar surface area (TPSA) is 60.7 Å². The van der Waals surface area contributed by atoms with Crippen LogP contribution in [0.25, 0.3) is 10.2 Å². The van der Waals surface area contributed by atoms with Crippen LogP contribution >= 0.6 is 11.3 Å². The molecule has 0 aliphatic rings. The van der Waals surface area contributed by atoms with Gasteiger partial charge in [-0.3, -0.25) is 9.59 Å². The van der Waals surface area contributed by atoms with Gasteiger partial charge in [-0.2, -0.15) is 4.99 Å². The average Bonchev–Trinajstić information content (AvgIpc) is 2.92. The van der Waals surface area contributed by atoms with Gasteiger partial charge in [0.25, 0.3) is 5.91 Å². The third-order valence-electron chi connectivity index (χ3n) is 3.78. The summed E-state index contributed by atoms with van der Waals surface area (Å²) in [5.74, 6) is -2.74. The van der Waals surface area contributed by atoms with Crippen molar-refractivity contribution in [2.45, 2.75) is 20.4 Å². The molecule has 1 heterocycles. The van der Waals surface area contributed by atoms with Crippen LogP contribution in [-0.4, -0.2) is 23.1 Å². The lowest BCUT2D eigenvalue weighted by atomic mass is 10.1. The molecule has 0 atom stereocenters. The number of rotatable bonds is 4. The summed E-state index contributed by atoms with van der Waals surface area (Å²) < 4.78 is 34.3. The summed E-state index contributed by atoms with van der Waals surface area (Å²) in [6, 6.07) is 8.67. The predicted octanol–water partition coefficient (Wildman–Crippen LogP) is 3.59. The van der Waals surface area contributed by atoms with Crippen LogP contribution in [0.2, 0.25) is 0 Å². The Kier molecular flexibility index (Phi) is 5.46. The van der Waals surface area contributed by atoms with Crippen LogP contribution in [0.3, 0.4) is 0 Å². The highest BCUT2D eigenvalue weighted by atomic mass is 32.1. The summed E-state index contributed by atoms with van der Waals surface area (Å²) in [5.41, 5.74) is 1.35. The number of esters is 1. The van der Waals surface area contributed by atoms with E-state index in [9.17, 15) is 18.4 Å². The number of benzene rings is 2. The van der Waals surface area contributed by atoms with Gasteiger partial charge >= 0.3 is 5.97 Å². The van der Waals surface area contributed by atoms with Gasteiger partial charge in [0.15, 0.2) is 10.6 Å². The number of aryl methyl sites for hydroxylation is 1. The Morgan fingerprint density at radius 3 is 2.56 bits per heavy atom. The molecule has 2 aromatic carbocycles. The van der Waals surface area contributed by atoms with Gasteiger partial charge in [-0.05, 0) is 32.0 Å². The average molecular weight is 390 g/mol. The molecule has 0 unspecified atom stereocenters. The normalized spacial score (nSPS) is 11.8. The van der Waals surface area contributed by atoms with E-state index >= 15 is 0 Å². The number of halogens is 2. The minimum atomic E-state index is -0.838. The molecule has 3 rings (SSSR count). The van der Waals surface area contributed by atoms with E-state index in [0.29, 0.717) is 5.56 Å². The maximum Gasteiger partial charge on any atom is 0.326 e. The molecule has 0 aliphatic heterocycles. The molecule has 3 aromatic rings. The second kappa shape index (κ2) is 7.79. The predicted molar refractivity (Wildman–Crippen MR) is 97.4 cm³/mol. The Bertz CT molecular complexity index is 1080. The van der Waals surface area contributed by atoms with E-state index in [2.05, 4.69) is 4.99 Å². The minimum absolute atomic E-state index is 0.00455. The molecular formula is C19H16F2N2O3S. The summed E-state index contributed by atoms with van der Waals surface area (Å²) in [6.45, 7) is 3.36. The molecule has 0 bridgehead atoms. The summed E-state index contributed by atoms with van der Waals surface area (Å²) in [6.07, 6.45) is 0. The van der Waals surface area contributed by atoms with E-state index in [0.717, 1.165) is 29.0 Å². The Hall–Kier alpha value is -2.87. The van der Waals surface area contributed by atoms with E-state index in [1.165, 1.54) is 4.57 Å². The quantitative estimate of drug-likeness (QED) is 0.640. The zero-order valence-electron chi connectivity index (χ0n) is 14.7. The second-order valence-corrected chi connectivity index (χ2v) is 6.80. The molecule has 0 radical (unpaired) electrons. The first-order chi connectivity index (χ1) is 12.9. The highest BCUT2D eigenvalue weighted by Crippen LogP contribution is 2.22. The number of hydrogen-bond acceptors (Lipinski definition) is 4. The Morgan fingerprint density at radius 2 is 1.89 bits per heavy atom. The number of ether oxygens (including phenoxy) is 1. The molecule has 1 aromatic heterocycles. The van der Waals surface area contributed by atoms with E-state index < -0.39 is 23.5 Å². The number of hydrogen-bond donors (Lipinski definition) is 0. The smallest absolute Gasteiger partial charge is 0.326 e. The first-order valence-corrected chi connectivity index (χ1v) is 9.00. The lowest BCUT2D eigenvalue weighted by Crippen LogP contribution is -2.23. The molecule has 27 heavy (non-hydrogen) atoms. The van der Waals surface area contributed by atoms with E-state index in [1.54, 1.807) is 31.2 Å². The minimum Gasteiger partial charge on any atom is -0.465 e. The Labute approximate surface area is 157 Å². The van der Waals surface area contributed by atoms with E-state index in [-0.39, 0.29) is 28.2 Å². The third-order valence-corrected chi connectivity index (χ3v) is 4.81. The first kappa shape index (κ1) is 18.9. The largest absolute Gasteiger partial charge is 0.465 e. The Morgan fingerprint density at radius 1 is 1.19 bits per heavy atom. The van der Waals surface area contributed by atoms with Crippen LogP contribution in [-0.2, 0) is 16.1 Å². The number of fused-ring (bicyclic) bond motifs is 1. The van der Waals surface area contributed by atoms with Crippen LogP contribution in [0.1, 0.15) is 22.8 Å². The summed E-state index contributed by atoms with van der Waals surface area (Å²) in [7, 11) is 0. The number of nitrogens with zero attached hydrogens (tertiary/aromatic N) is 2. The van der Waals surface area contributed by atoms with Crippen LogP contribution in [0.5, 0.6) is 0 Å². The van der Waals surface area contributed by atoms with Gasteiger partial charge in [0, 0.05) is 11.6 Å². The van der Waals surface area contributed by atoms with E-state index in [4.69, 9.17) is 4.74 Å². The maximum absolute atomic E-state index is 14.3. The molecule has 5 nitrogen and oxygen atoms in total. The van der Waals surface area contributed by atoms with Crippen molar-refractivity contribution >= 4 is 33.4 Å². The SMILES string of the molecule is CCOC(=O)Cn1/c(=N/C(=O)c2ccc(C)cc2)sc2cc(F)cc(F)c21. The molecule has 8 heteroatoms. The van der Waals surface area contributed by atoms with Crippen molar-refractivity contribution in [3.63, 3.8) is 0 Å². The van der Waals surface area contributed by atoms with Crippen LogP contribution in [0, 0.1) is 18.6 Å². The fraction of sp³-hybridized carbons (Fsp3) is 0.211. The fourth-order valence-corrected chi connectivity index (χ4v) is 3.61. The van der Waals surface area contributed by atoms with E-state index in [1.807, 2.05) is 6.92 Å². The maximum atomic E-state index is 14.3. The van der Waals surface area contributed by atoms with Gasteiger partial charge in [-0.1, -0.05) is 29.0 Å². The summed E-state index contributed by atoms with van der Waals surface area (Å²) >= 11 is 0.926. The molecule has 0 fully saturated rings. The van der Waals surface area contributed by atoms with Gasteiger partial charge in [-0.15, -0.1) is 0 Å². The first-order valence-electron chi connectivity index (χ1n) is 8.18. The van der Waals surface area contributed by atoms with Gasteiger partial charge < -0.3 is 9.30 Å². The number of carbonyl (C=O) groups is 2. The van der Waals surface area contributed by atoms with Crippen LogP contribution in [0.15, 0.2) is 41.4 Å². The number of aromatic nitrogens is 1. The second-order valence-electron chi connectivity index (χ2n) is 5.79. The van der Waals surface area contributed by atoms with Crippen LogP contribution in [0.4, 0.5) is 8.78 Å². The third kappa shape index (κ3) is 4.11. The van der Waals surface area contributed by atoms with Crippen molar-refractivity contribution in [1.82, 2.24) is 4.57 Å². The zero-order valence-corrected chi connectivity index (χ0v) is 15.5. The van der Waals surface area contributed by atoms with Gasteiger partial charge in [0.05, 0.1) is 16.8 Å². The van der Waals surface area contributed by atoms with Gasteiger partial charge in [0.2, 0.25) is 0 Å². The molecule has 0 saturated heterocycles. The van der Waals surface area contributed by atoms with Crippen molar-refractivity contribution in [2.24, 2.45) is 4.99 Å². The summed E-state index contributed by atoms with van der Waals surface area (Å²) in [5, 5.41) is 0. The van der Waals surface area contributed by atoms with Crippen molar-refractivity contribution in [3.05, 3.63) is 64.0 Å². The van der Waals surface area contributed by atoms with Crippen molar-refractivity contribution in [1.29, 1.82) is 0 Å². The van der Waals surface area contributed by atoms with Gasteiger partial charge in [-0.25, -0.2) is 8.78 Å². The number of thiazole rings is 1. The lowest BCUT2D eigenvalue weighted by Gasteiger charge is -2.06. The number of amides is 1. The Balaban J connectivity index is 2.15. The number of carbonyl (C=O) groups excluding carboxylic acids is 2. The fourth-order valence-electron chi connectivity index (χ4n) is 2.54. The van der Waals surface area contributed by atoms with Crippen LogP contribution < -0.4 is 4.80 Å². The molecule has 0 spiro atoms. The molecular weight excluding hydrogens is 374 g/mol. The van der Waals surface area contributed by atoms with Gasteiger partial charge in [0.1, 0.15) is 12.4 Å². The zero-order chi connectivity index (χ0) is 19.6. The molecule has 0 saturated carbocycles. The summed E-state index contributed by atoms with van der Waals surface area (Å²) in [4.78, 5) is 28.5. The highest BCUT2D eigenvalue weighted by molar-refractivity contribution is 7.16. The molecule has 0 aliphatic carbocycles. The monoisotopic (exact) mass is 390 g/mol.